The fraction of sp³-hybridized carbons (Fsp3) is 0.591. The normalized spacial score (nSPS) is 31.0. The molecule has 4 aliphatic carbocycles. The number of nitrogens with zero attached hydrogens (tertiary/aromatic N) is 2. The molecule has 1 N–H and O–H groups in total. The molecule has 29 heavy (non-hydrogen) atoms. The summed E-state index contributed by atoms with van der Waals surface area (Å²) in [6.07, 6.45) is 7.66. The highest BCUT2D eigenvalue weighted by molar-refractivity contribution is 8.00. The number of thioether (sulfide) groups is 1. The molecule has 1 aromatic heterocycles. The highest BCUT2D eigenvalue weighted by Crippen LogP contribution is 2.60. The molecular weight excluding hydrogens is 389 g/mol. The van der Waals surface area contributed by atoms with Crippen LogP contribution in [0.1, 0.15) is 56.9 Å². The Kier molecular flexibility index (Phi) is 4.88. The summed E-state index contributed by atoms with van der Waals surface area (Å²) < 4.78 is 19.1. The van der Waals surface area contributed by atoms with Crippen molar-refractivity contribution < 1.29 is 13.6 Å². The quantitative estimate of drug-likeness (QED) is 0.705. The van der Waals surface area contributed by atoms with Gasteiger partial charge in [0.25, 0.3) is 5.22 Å². The van der Waals surface area contributed by atoms with Crippen molar-refractivity contribution >= 4 is 17.7 Å². The van der Waals surface area contributed by atoms with Crippen LogP contribution in [0.5, 0.6) is 0 Å². The Balaban J connectivity index is 1.20. The summed E-state index contributed by atoms with van der Waals surface area (Å²) in [4.78, 5) is 12.4. The largest absolute Gasteiger partial charge is 0.415 e. The summed E-state index contributed by atoms with van der Waals surface area (Å²) in [7, 11) is 0. The maximum absolute atomic E-state index is 13.0. The van der Waals surface area contributed by atoms with Crippen molar-refractivity contribution in [2.75, 3.05) is 0 Å². The Hall–Kier alpha value is -1.89. The van der Waals surface area contributed by atoms with Gasteiger partial charge in [-0.3, -0.25) is 4.79 Å². The molecule has 0 spiro atoms. The van der Waals surface area contributed by atoms with Crippen LogP contribution in [0.4, 0.5) is 4.39 Å². The first-order valence-electron chi connectivity index (χ1n) is 10.5. The Morgan fingerprint density at radius 1 is 1.17 bits per heavy atom. The van der Waals surface area contributed by atoms with Crippen LogP contribution in [0.15, 0.2) is 33.9 Å². The van der Waals surface area contributed by atoms with Gasteiger partial charge in [-0.1, -0.05) is 23.9 Å². The first-order chi connectivity index (χ1) is 14.0. The molecule has 0 aliphatic heterocycles. The second-order valence-corrected chi connectivity index (χ2v) is 10.5. The monoisotopic (exact) mass is 415 g/mol. The smallest absolute Gasteiger partial charge is 0.277 e. The molecule has 4 fully saturated rings. The standard InChI is InChI=1S/C22H26FN3O2S/c1-13(19(27)24-12-14-2-4-18(23)5-3-14)29-21-26-25-20(28-21)22-9-15-6-16(10-22)8-17(7-15)11-22/h2-5,13,15-17H,6-12H2,1H3,(H,24,27)/t13-,15?,16?,17?,22?/m1/s1. The average molecular weight is 416 g/mol. The van der Waals surface area contributed by atoms with E-state index in [1.54, 1.807) is 12.1 Å². The summed E-state index contributed by atoms with van der Waals surface area (Å²) in [5, 5.41) is 11.7. The van der Waals surface area contributed by atoms with E-state index in [-0.39, 0.29) is 22.4 Å². The third-order valence-electron chi connectivity index (χ3n) is 6.93. The van der Waals surface area contributed by atoms with E-state index in [1.807, 2.05) is 6.92 Å². The third kappa shape index (κ3) is 3.81. The molecule has 6 rings (SSSR count). The van der Waals surface area contributed by atoms with Gasteiger partial charge in [-0.05, 0) is 80.9 Å². The van der Waals surface area contributed by atoms with Gasteiger partial charge in [0.2, 0.25) is 11.8 Å². The second kappa shape index (κ2) is 7.42. The lowest BCUT2D eigenvalue weighted by molar-refractivity contribution is -0.120. The summed E-state index contributed by atoms with van der Waals surface area (Å²) in [5.41, 5.74) is 0.938. The minimum atomic E-state index is -0.347. The zero-order valence-corrected chi connectivity index (χ0v) is 17.4. The second-order valence-electron chi connectivity index (χ2n) is 9.18. The van der Waals surface area contributed by atoms with Crippen LogP contribution in [0.3, 0.4) is 0 Å². The predicted molar refractivity (Wildman–Crippen MR) is 108 cm³/mol. The van der Waals surface area contributed by atoms with E-state index in [1.165, 1.54) is 62.4 Å². The topological polar surface area (TPSA) is 68.0 Å². The summed E-state index contributed by atoms with van der Waals surface area (Å²) in [5.74, 6) is 2.86. The van der Waals surface area contributed by atoms with E-state index in [0.29, 0.717) is 11.8 Å². The molecule has 7 heteroatoms. The highest BCUT2D eigenvalue weighted by atomic mass is 32.2. The van der Waals surface area contributed by atoms with Gasteiger partial charge >= 0.3 is 0 Å². The Morgan fingerprint density at radius 2 is 1.79 bits per heavy atom. The molecule has 154 valence electrons. The van der Waals surface area contributed by atoms with E-state index in [4.69, 9.17) is 4.42 Å². The molecule has 1 amide bonds. The number of carbonyl (C=O) groups excluding carboxylic acids is 1. The summed E-state index contributed by atoms with van der Waals surface area (Å²) in [6.45, 7) is 2.20. The number of hydrogen-bond donors (Lipinski definition) is 1. The Bertz CT molecular complexity index is 862. The molecule has 2 aromatic rings. The zero-order valence-electron chi connectivity index (χ0n) is 16.6. The van der Waals surface area contributed by atoms with Crippen LogP contribution < -0.4 is 5.32 Å². The molecule has 0 unspecified atom stereocenters. The van der Waals surface area contributed by atoms with Gasteiger partial charge in [0.1, 0.15) is 5.82 Å². The minimum Gasteiger partial charge on any atom is -0.415 e. The van der Waals surface area contributed by atoms with Gasteiger partial charge in [-0.2, -0.15) is 0 Å². The van der Waals surface area contributed by atoms with Crippen LogP contribution in [-0.2, 0) is 16.8 Å². The number of benzene rings is 1. The molecular formula is C22H26FN3O2S. The van der Waals surface area contributed by atoms with Gasteiger partial charge in [-0.15, -0.1) is 10.2 Å². The molecule has 0 radical (unpaired) electrons. The highest BCUT2D eigenvalue weighted by Gasteiger charge is 2.54. The van der Waals surface area contributed by atoms with Crippen LogP contribution >= 0.6 is 11.8 Å². The zero-order chi connectivity index (χ0) is 20.0. The first kappa shape index (κ1) is 19.1. The minimum absolute atomic E-state index is 0.0780. The lowest BCUT2D eigenvalue weighted by Gasteiger charge is -2.55. The molecule has 1 heterocycles. The van der Waals surface area contributed by atoms with Crippen LogP contribution in [0.2, 0.25) is 0 Å². The molecule has 4 saturated carbocycles. The van der Waals surface area contributed by atoms with Crippen molar-refractivity contribution in [3.63, 3.8) is 0 Å². The molecule has 5 nitrogen and oxygen atoms in total. The van der Waals surface area contributed by atoms with Crippen molar-refractivity contribution in [3.8, 4) is 0 Å². The van der Waals surface area contributed by atoms with E-state index < -0.39 is 0 Å². The van der Waals surface area contributed by atoms with Gasteiger partial charge in [0.15, 0.2) is 0 Å². The van der Waals surface area contributed by atoms with Crippen LogP contribution in [0, 0.1) is 23.6 Å². The van der Waals surface area contributed by atoms with Gasteiger partial charge in [0, 0.05) is 12.0 Å². The number of carbonyl (C=O) groups is 1. The molecule has 1 atom stereocenters. The van der Waals surface area contributed by atoms with Crippen molar-refractivity contribution in [2.24, 2.45) is 17.8 Å². The van der Waals surface area contributed by atoms with E-state index in [0.717, 1.165) is 29.2 Å². The number of hydrogen-bond acceptors (Lipinski definition) is 5. The van der Waals surface area contributed by atoms with Gasteiger partial charge in [0.05, 0.1) is 5.25 Å². The van der Waals surface area contributed by atoms with Crippen LogP contribution in [0.25, 0.3) is 0 Å². The van der Waals surface area contributed by atoms with E-state index >= 15 is 0 Å². The summed E-state index contributed by atoms with van der Waals surface area (Å²) >= 11 is 1.30. The molecule has 0 saturated heterocycles. The lowest BCUT2D eigenvalue weighted by Crippen LogP contribution is -2.48. The van der Waals surface area contributed by atoms with Crippen molar-refractivity contribution in [2.45, 2.75) is 67.9 Å². The molecule has 4 aliphatic rings. The lowest BCUT2D eigenvalue weighted by atomic mass is 9.49. The third-order valence-corrected chi connectivity index (χ3v) is 7.86. The van der Waals surface area contributed by atoms with E-state index in [2.05, 4.69) is 15.5 Å². The number of rotatable bonds is 6. The van der Waals surface area contributed by atoms with Crippen molar-refractivity contribution in [3.05, 3.63) is 41.5 Å². The number of halogens is 1. The fourth-order valence-electron chi connectivity index (χ4n) is 5.98. The number of nitrogens with one attached hydrogen (secondary N) is 1. The van der Waals surface area contributed by atoms with Gasteiger partial charge < -0.3 is 9.73 Å². The van der Waals surface area contributed by atoms with Crippen molar-refractivity contribution in [1.29, 1.82) is 0 Å². The molecule has 1 aromatic carbocycles. The SMILES string of the molecule is C[C@@H](Sc1nnc(C23CC4CC(CC(C4)C2)C3)o1)C(=O)NCc1ccc(F)cc1. The Labute approximate surface area is 174 Å². The number of amides is 1. The number of aromatic nitrogens is 2. The predicted octanol–water partition coefficient (Wildman–Crippen LogP) is 4.47. The molecule has 4 bridgehead atoms. The van der Waals surface area contributed by atoms with Gasteiger partial charge in [-0.25, -0.2) is 4.39 Å². The first-order valence-corrected chi connectivity index (χ1v) is 11.4. The van der Waals surface area contributed by atoms with Crippen LogP contribution in [-0.4, -0.2) is 21.4 Å². The fourth-order valence-corrected chi connectivity index (χ4v) is 6.69. The summed E-state index contributed by atoms with van der Waals surface area (Å²) in [6, 6.07) is 6.13. The maximum Gasteiger partial charge on any atom is 0.277 e. The maximum atomic E-state index is 13.0. The van der Waals surface area contributed by atoms with Crippen molar-refractivity contribution in [1.82, 2.24) is 15.5 Å². The Morgan fingerprint density at radius 3 is 2.41 bits per heavy atom. The average Bonchev–Trinajstić information content (AvgIpc) is 3.15. The van der Waals surface area contributed by atoms with E-state index in [9.17, 15) is 9.18 Å².